The van der Waals surface area contributed by atoms with Gasteiger partial charge in [0, 0.05) is 6.20 Å². The van der Waals surface area contributed by atoms with Crippen molar-refractivity contribution in [3.05, 3.63) is 53.7 Å². The van der Waals surface area contributed by atoms with Crippen molar-refractivity contribution in [2.75, 3.05) is 14.1 Å². The highest BCUT2D eigenvalue weighted by Gasteiger charge is 2.36. The first-order chi connectivity index (χ1) is 11.5. The van der Waals surface area contributed by atoms with Crippen LogP contribution in [0.2, 0.25) is 0 Å². The van der Waals surface area contributed by atoms with Gasteiger partial charge in [-0.25, -0.2) is 0 Å². The Morgan fingerprint density at radius 2 is 2.17 bits per heavy atom. The molecule has 128 valence electrons. The van der Waals surface area contributed by atoms with E-state index < -0.39 is 0 Å². The molecule has 0 spiro atoms. The van der Waals surface area contributed by atoms with Crippen molar-refractivity contribution in [3.8, 4) is 0 Å². The molecule has 3 rings (SSSR count). The second-order valence-corrected chi connectivity index (χ2v) is 6.59. The number of aliphatic hydroxyl groups is 1. The Labute approximate surface area is 141 Å². The molecule has 2 N–H and O–H groups in total. The number of nitrogens with one attached hydrogen (secondary N) is 1. The minimum absolute atomic E-state index is 0.190. The van der Waals surface area contributed by atoms with Crippen molar-refractivity contribution in [2.24, 2.45) is 5.92 Å². The third-order valence-corrected chi connectivity index (χ3v) is 4.27. The van der Waals surface area contributed by atoms with E-state index in [1.54, 1.807) is 12.3 Å². The molecule has 0 bridgehead atoms. The monoisotopic (exact) mass is 329 g/mol. The molecule has 1 saturated carbocycles. The smallest absolute Gasteiger partial charge is 0.287 e. The molecule has 1 unspecified atom stereocenters. The van der Waals surface area contributed by atoms with Crippen LogP contribution in [0.4, 0.5) is 0 Å². The number of furan rings is 1. The van der Waals surface area contributed by atoms with Gasteiger partial charge < -0.3 is 19.7 Å². The van der Waals surface area contributed by atoms with Gasteiger partial charge in [-0.05, 0) is 57.1 Å². The zero-order valence-corrected chi connectivity index (χ0v) is 14.0. The summed E-state index contributed by atoms with van der Waals surface area (Å²) in [4.78, 5) is 18.9. The molecule has 1 aliphatic carbocycles. The van der Waals surface area contributed by atoms with Crippen LogP contribution in [-0.4, -0.2) is 41.1 Å². The Bertz CT molecular complexity index is 678. The summed E-state index contributed by atoms with van der Waals surface area (Å²) in [6.07, 6.45) is 2.77. The summed E-state index contributed by atoms with van der Waals surface area (Å²) in [5, 5.41) is 12.6. The van der Waals surface area contributed by atoms with E-state index in [9.17, 15) is 9.90 Å². The van der Waals surface area contributed by atoms with Crippen LogP contribution >= 0.6 is 0 Å². The SMILES string of the molecule is CN(C)Cc1ccc(C(=O)NC(c2ccccn2)C2CC(O)C2)o1. The molecule has 0 aliphatic heterocycles. The molecule has 1 amide bonds. The predicted octanol–water partition coefficient (Wildman–Crippen LogP) is 1.98. The maximum Gasteiger partial charge on any atom is 0.287 e. The van der Waals surface area contributed by atoms with E-state index in [2.05, 4.69) is 10.3 Å². The van der Waals surface area contributed by atoms with Gasteiger partial charge in [-0.1, -0.05) is 6.07 Å². The second-order valence-electron chi connectivity index (χ2n) is 6.59. The molecule has 24 heavy (non-hydrogen) atoms. The molecule has 1 fully saturated rings. The Morgan fingerprint density at radius 1 is 1.38 bits per heavy atom. The highest BCUT2D eigenvalue weighted by molar-refractivity contribution is 5.91. The Balaban J connectivity index is 1.72. The standard InChI is InChI=1S/C18H23N3O3/c1-21(2)11-14-6-7-16(24-14)18(23)20-17(12-9-13(22)10-12)15-5-3-4-8-19-15/h3-8,12-13,17,22H,9-11H2,1-2H3,(H,20,23). The summed E-state index contributed by atoms with van der Waals surface area (Å²) in [5.41, 5.74) is 0.808. The molecule has 1 aliphatic rings. The van der Waals surface area contributed by atoms with Gasteiger partial charge in [0.25, 0.3) is 5.91 Å². The van der Waals surface area contributed by atoms with Gasteiger partial charge in [-0.3, -0.25) is 9.78 Å². The zero-order chi connectivity index (χ0) is 17.1. The van der Waals surface area contributed by atoms with Gasteiger partial charge in [-0.15, -0.1) is 0 Å². The minimum Gasteiger partial charge on any atom is -0.455 e. The first-order valence-corrected chi connectivity index (χ1v) is 8.16. The van der Waals surface area contributed by atoms with E-state index in [1.165, 1.54) is 0 Å². The van der Waals surface area contributed by atoms with Gasteiger partial charge >= 0.3 is 0 Å². The summed E-state index contributed by atoms with van der Waals surface area (Å²) in [5.74, 6) is 0.985. The summed E-state index contributed by atoms with van der Waals surface area (Å²) >= 11 is 0. The van der Waals surface area contributed by atoms with Gasteiger partial charge in [-0.2, -0.15) is 0 Å². The summed E-state index contributed by atoms with van der Waals surface area (Å²) in [6, 6.07) is 8.94. The first-order valence-electron chi connectivity index (χ1n) is 8.16. The van der Waals surface area contributed by atoms with Crippen LogP contribution in [0.3, 0.4) is 0 Å². The van der Waals surface area contributed by atoms with Crippen LogP contribution in [0.5, 0.6) is 0 Å². The van der Waals surface area contributed by atoms with E-state index in [4.69, 9.17) is 4.42 Å². The number of amides is 1. The van der Waals surface area contributed by atoms with E-state index >= 15 is 0 Å². The Hall–Kier alpha value is -2.18. The fourth-order valence-corrected chi connectivity index (χ4v) is 3.00. The fraction of sp³-hybridized carbons (Fsp3) is 0.444. The van der Waals surface area contributed by atoms with Crippen LogP contribution in [0.25, 0.3) is 0 Å². The predicted molar refractivity (Wildman–Crippen MR) is 89.3 cm³/mol. The van der Waals surface area contributed by atoms with Crippen LogP contribution in [0, 0.1) is 5.92 Å². The lowest BCUT2D eigenvalue weighted by molar-refractivity contribution is 0.0225. The quantitative estimate of drug-likeness (QED) is 0.847. The molecule has 2 aromatic heterocycles. The lowest BCUT2D eigenvalue weighted by Gasteiger charge is -2.37. The number of hydrogen-bond donors (Lipinski definition) is 2. The number of carbonyl (C=O) groups is 1. The van der Waals surface area contributed by atoms with Crippen molar-refractivity contribution in [3.63, 3.8) is 0 Å². The second kappa shape index (κ2) is 7.15. The van der Waals surface area contributed by atoms with Crippen molar-refractivity contribution in [1.82, 2.24) is 15.2 Å². The number of nitrogens with zero attached hydrogens (tertiary/aromatic N) is 2. The average molecular weight is 329 g/mol. The zero-order valence-electron chi connectivity index (χ0n) is 14.0. The van der Waals surface area contributed by atoms with Crippen molar-refractivity contribution in [2.45, 2.75) is 31.5 Å². The Kier molecular flexibility index (Phi) is 4.97. The molecule has 2 aromatic rings. The molecule has 6 nitrogen and oxygen atoms in total. The van der Waals surface area contributed by atoms with Crippen molar-refractivity contribution in [1.29, 1.82) is 0 Å². The number of pyridine rings is 1. The topological polar surface area (TPSA) is 78.6 Å². The highest BCUT2D eigenvalue weighted by atomic mass is 16.4. The van der Waals surface area contributed by atoms with Crippen molar-refractivity contribution < 1.29 is 14.3 Å². The van der Waals surface area contributed by atoms with Crippen LogP contribution in [0.1, 0.15) is 40.9 Å². The fourth-order valence-electron chi connectivity index (χ4n) is 3.00. The summed E-state index contributed by atoms with van der Waals surface area (Å²) in [6.45, 7) is 0.645. The number of aliphatic hydroxyl groups excluding tert-OH is 1. The van der Waals surface area contributed by atoms with Crippen LogP contribution < -0.4 is 5.32 Å². The lowest BCUT2D eigenvalue weighted by atomic mass is 9.76. The van der Waals surface area contributed by atoms with Gasteiger partial charge in [0.15, 0.2) is 5.76 Å². The summed E-state index contributed by atoms with van der Waals surface area (Å²) in [7, 11) is 3.89. The average Bonchev–Trinajstić information content (AvgIpc) is 2.98. The molecule has 0 aromatic carbocycles. The van der Waals surface area contributed by atoms with E-state index in [0.717, 1.165) is 11.5 Å². The largest absolute Gasteiger partial charge is 0.455 e. The normalized spacial score (nSPS) is 21.3. The molecule has 0 saturated heterocycles. The van der Waals surface area contributed by atoms with Gasteiger partial charge in [0.2, 0.25) is 0 Å². The molecular formula is C18H23N3O3. The maximum atomic E-state index is 12.5. The number of carbonyl (C=O) groups excluding carboxylic acids is 1. The molecule has 6 heteroatoms. The molecule has 0 radical (unpaired) electrons. The maximum absolute atomic E-state index is 12.5. The van der Waals surface area contributed by atoms with Crippen LogP contribution in [0.15, 0.2) is 40.9 Å². The molecule has 1 atom stereocenters. The molecule has 2 heterocycles. The Morgan fingerprint density at radius 3 is 2.79 bits per heavy atom. The first kappa shape index (κ1) is 16.7. The van der Waals surface area contributed by atoms with Gasteiger partial charge in [0.05, 0.1) is 24.4 Å². The lowest BCUT2D eigenvalue weighted by Crippen LogP contribution is -2.41. The number of aromatic nitrogens is 1. The van der Waals surface area contributed by atoms with E-state index in [1.807, 2.05) is 43.3 Å². The van der Waals surface area contributed by atoms with E-state index in [-0.39, 0.29) is 24.0 Å². The van der Waals surface area contributed by atoms with E-state index in [0.29, 0.717) is 25.1 Å². The highest BCUT2D eigenvalue weighted by Crippen LogP contribution is 2.37. The van der Waals surface area contributed by atoms with Gasteiger partial charge in [0.1, 0.15) is 5.76 Å². The van der Waals surface area contributed by atoms with Crippen LogP contribution in [-0.2, 0) is 6.54 Å². The molecular weight excluding hydrogens is 306 g/mol. The number of rotatable bonds is 6. The number of hydrogen-bond acceptors (Lipinski definition) is 5. The third kappa shape index (κ3) is 3.83. The third-order valence-electron chi connectivity index (χ3n) is 4.27. The van der Waals surface area contributed by atoms with Crippen molar-refractivity contribution >= 4 is 5.91 Å². The minimum atomic E-state index is -0.284. The summed E-state index contributed by atoms with van der Waals surface area (Å²) < 4.78 is 5.62.